The van der Waals surface area contributed by atoms with Crippen molar-refractivity contribution in [3.63, 3.8) is 0 Å². The van der Waals surface area contributed by atoms with E-state index < -0.39 is 27.6 Å². The molecule has 1 aromatic heterocycles. The summed E-state index contributed by atoms with van der Waals surface area (Å²) in [5, 5.41) is 16.4. The fourth-order valence-electron chi connectivity index (χ4n) is 4.45. The molecule has 0 fully saturated rings. The van der Waals surface area contributed by atoms with Gasteiger partial charge in [0.2, 0.25) is 0 Å². The van der Waals surface area contributed by atoms with Gasteiger partial charge in [-0.2, -0.15) is 9.78 Å². The highest BCUT2D eigenvalue weighted by Gasteiger charge is 2.41. The highest BCUT2D eigenvalue weighted by atomic mass is 16.6. The molecule has 0 spiro atoms. The highest BCUT2D eigenvalue weighted by molar-refractivity contribution is 5.99. The molecule has 3 aromatic rings. The second-order valence-corrected chi connectivity index (χ2v) is 11.2. The van der Waals surface area contributed by atoms with Gasteiger partial charge >= 0.3 is 12.1 Å². The molecule has 0 bridgehead atoms. The maximum Gasteiger partial charge on any atom is 0.435 e. The number of aromatic nitrogens is 2. The van der Waals surface area contributed by atoms with E-state index in [0.29, 0.717) is 30.5 Å². The molecular weight excluding hydrogens is 488 g/mol. The van der Waals surface area contributed by atoms with Crippen LogP contribution in [0, 0.1) is 10.1 Å². The molecule has 0 saturated carbocycles. The fraction of sp³-hybridized carbons (Fsp3) is 0.464. The average Bonchev–Trinajstić information content (AvgIpc) is 3.24. The van der Waals surface area contributed by atoms with Gasteiger partial charge in [0.15, 0.2) is 0 Å². The van der Waals surface area contributed by atoms with Crippen molar-refractivity contribution in [2.45, 2.75) is 77.9 Å². The van der Waals surface area contributed by atoms with Crippen molar-refractivity contribution in [1.29, 1.82) is 0 Å². The lowest BCUT2D eigenvalue weighted by atomic mass is 9.75. The number of hydrogen-bond donors (Lipinski definition) is 1. The predicted molar refractivity (Wildman–Crippen MR) is 145 cm³/mol. The lowest BCUT2D eigenvalue weighted by molar-refractivity contribution is -0.382. The maximum absolute atomic E-state index is 13.3. The predicted octanol–water partition coefficient (Wildman–Crippen LogP) is 5.73. The van der Waals surface area contributed by atoms with Crippen LogP contribution in [0.5, 0.6) is 0 Å². The highest BCUT2D eigenvalue weighted by Crippen LogP contribution is 2.39. The van der Waals surface area contributed by atoms with E-state index in [1.807, 2.05) is 27.7 Å². The standard InChI is InChI=1S/C28H36N4O6/c1-8-28(15-16-29,24(33)37-26(2,3)4)19-11-9-18(10-12-19)20-13-14-22-21(23(20)32(35)36)17-30-31(22)25(34)38-27(5,6)7/h9-14,17H,8,15-16,29H2,1-7H3. The average molecular weight is 525 g/mol. The van der Waals surface area contributed by atoms with Crippen molar-refractivity contribution in [2.75, 3.05) is 6.54 Å². The van der Waals surface area contributed by atoms with Crippen molar-refractivity contribution in [3.05, 3.63) is 58.3 Å². The number of hydrogen-bond acceptors (Lipinski definition) is 8. The SMILES string of the molecule is CCC(CCN)(C(=O)OC(C)(C)C)c1ccc(-c2ccc3c(cnn3C(=O)OC(C)(C)C)c2[N+](=O)[O-])cc1. The fourth-order valence-corrected chi connectivity index (χ4v) is 4.45. The first kappa shape index (κ1) is 28.8. The van der Waals surface area contributed by atoms with Crippen LogP contribution < -0.4 is 5.73 Å². The van der Waals surface area contributed by atoms with Crippen LogP contribution in [0.2, 0.25) is 0 Å². The van der Waals surface area contributed by atoms with Crippen molar-refractivity contribution >= 4 is 28.7 Å². The van der Waals surface area contributed by atoms with Crippen molar-refractivity contribution < 1.29 is 24.0 Å². The van der Waals surface area contributed by atoms with E-state index in [2.05, 4.69) is 5.10 Å². The molecule has 1 unspecified atom stereocenters. The molecule has 10 nitrogen and oxygen atoms in total. The molecular formula is C28H36N4O6. The first-order valence-electron chi connectivity index (χ1n) is 12.6. The Morgan fingerprint density at radius 2 is 1.61 bits per heavy atom. The van der Waals surface area contributed by atoms with Gasteiger partial charge in [-0.25, -0.2) is 4.79 Å². The van der Waals surface area contributed by atoms with E-state index in [1.165, 1.54) is 6.20 Å². The Morgan fingerprint density at radius 3 is 2.11 bits per heavy atom. The van der Waals surface area contributed by atoms with Gasteiger partial charge in [-0.05, 0) is 84.2 Å². The molecule has 0 aliphatic heterocycles. The largest absolute Gasteiger partial charge is 0.459 e. The molecule has 38 heavy (non-hydrogen) atoms. The molecule has 2 aromatic carbocycles. The van der Waals surface area contributed by atoms with E-state index in [-0.39, 0.29) is 22.6 Å². The Kier molecular flexibility index (Phi) is 7.97. The van der Waals surface area contributed by atoms with Gasteiger partial charge in [-0.15, -0.1) is 0 Å². The van der Waals surface area contributed by atoms with Crippen molar-refractivity contribution in [2.24, 2.45) is 5.73 Å². The Balaban J connectivity index is 2.08. The molecule has 0 radical (unpaired) electrons. The second-order valence-electron chi connectivity index (χ2n) is 11.2. The van der Waals surface area contributed by atoms with E-state index in [9.17, 15) is 19.7 Å². The van der Waals surface area contributed by atoms with Crippen LogP contribution >= 0.6 is 0 Å². The topological polar surface area (TPSA) is 140 Å². The quantitative estimate of drug-likeness (QED) is 0.235. The number of ether oxygens (including phenoxy) is 2. The number of carbonyl (C=O) groups excluding carboxylic acids is 2. The summed E-state index contributed by atoms with van der Waals surface area (Å²) in [5.74, 6) is -0.354. The summed E-state index contributed by atoms with van der Waals surface area (Å²) >= 11 is 0. The van der Waals surface area contributed by atoms with Crippen LogP contribution in [0.15, 0.2) is 42.6 Å². The van der Waals surface area contributed by atoms with Gasteiger partial charge in [0.05, 0.1) is 33.0 Å². The number of esters is 1. The zero-order valence-corrected chi connectivity index (χ0v) is 23.0. The number of nitro benzene ring substituents is 1. The van der Waals surface area contributed by atoms with E-state index in [1.54, 1.807) is 57.2 Å². The third-order valence-electron chi connectivity index (χ3n) is 6.19. The van der Waals surface area contributed by atoms with Gasteiger partial charge in [0.25, 0.3) is 5.69 Å². The Hall–Kier alpha value is -3.79. The molecule has 0 aliphatic rings. The van der Waals surface area contributed by atoms with Gasteiger partial charge in [-0.3, -0.25) is 14.9 Å². The Morgan fingerprint density at radius 1 is 1.00 bits per heavy atom. The van der Waals surface area contributed by atoms with Crippen LogP contribution in [-0.4, -0.2) is 44.5 Å². The van der Waals surface area contributed by atoms with Crippen LogP contribution in [0.4, 0.5) is 10.5 Å². The number of nitrogens with zero attached hydrogens (tertiary/aromatic N) is 3. The summed E-state index contributed by atoms with van der Waals surface area (Å²) < 4.78 is 12.1. The summed E-state index contributed by atoms with van der Waals surface area (Å²) in [4.78, 5) is 37.6. The first-order valence-corrected chi connectivity index (χ1v) is 12.6. The summed E-state index contributed by atoms with van der Waals surface area (Å²) in [6, 6.07) is 10.2. The summed E-state index contributed by atoms with van der Waals surface area (Å²) in [6.45, 7) is 12.8. The smallest absolute Gasteiger partial charge is 0.435 e. The summed E-state index contributed by atoms with van der Waals surface area (Å²) in [6.07, 6.45) is 1.44. The lowest BCUT2D eigenvalue weighted by Gasteiger charge is -2.34. The van der Waals surface area contributed by atoms with Crippen molar-refractivity contribution in [3.8, 4) is 11.1 Å². The lowest BCUT2D eigenvalue weighted by Crippen LogP contribution is -2.42. The molecule has 204 valence electrons. The molecule has 0 saturated heterocycles. The summed E-state index contributed by atoms with van der Waals surface area (Å²) in [7, 11) is 0. The Labute approximate surface area is 222 Å². The molecule has 3 rings (SSSR count). The Bertz CT molecular complexity index is 1350. The molecule has 10 heteroatoms. The number of benzene rings is 2. The number of carbonyl (C=O) groups is 2. The summed E-state index contributed by atoms with van der Waals surface area (Å²) in [5.41, 5.74) is 5.29. The molecule has 2 N–H and O–H groups in total. The number of nitrogens with two attached hydrogens (primary N) is 1. The van der Waals surface area contributed by atoms with E-state index >= 15 is 0 Å². The zero-order chi connectivity index (χ0) is 28.5. The molecule has 1 heterocycles. The number of nitro groups is 1. The monoisotopic (exact) mass is 524 g/mol. The van der Waals surface area contributed by atoms with Gasteiger partial charge in [-0.1, -0.05) is 31.2 Å². The number of rotatable bonds is 7. The number of fused-ring (bicyclic) bond motifs is 1. The normalized spacial score (nSPS) is 13.7. The molecule has 1 atom stereocenters. The minimum Gasteiger partial charge on any atom is -0.459 e. The first-order chi connectivity index (χ1) is 17.6. The zero-order valence-electron chi connectivity index (χ0n) is 23.0. The van der Waals surface area contributed by atoms with Crippen LogP contribution in [0.1, 0.15) is 66.9 Å². The molecule has 0 amide bonds. The minimum absolute atomic E-state index is 0.180. The van der Waals surface area contributed by atoms with Gasteiger partial charge in [0.1, 0.15) is 11.2 Å². The van der Waals surface area contributed by atoms with Gasteiger partial charge in [0, 0.05) is 0 Å². The van der Waals surface area contributed by atoms with Crippen molar-refractivity contribution in [1.82, 2.24) is 9.78 Å². The molecule has 0 aliphatic carbocycles. The van der Waals surface area contributed by atoms with Crippen LogP contribution in [0.25, 0.3) is 22.0 Å². The third-order valence-corrected chi connectivity index (χ3v) is 6.19. The van der Waals surface area contributed by atoms with E-state index in [4.69, 9.17) is 15.2 Å². The van der Waals surface area contributed by atoms with Crippen LogP contribution in [0.3, 0.4) is 0 Å². The second kappa shape index (κ2) is 10.5. The third kappa shape index (κ3) is 5.85. The minimum atomic E-state index is -0.939. The van der Waals surface area contributed by atoms with E-state index in [0.717, 1.165) is 10.2 Å². The van der Waals surface area contributed by atoms with Gasteiger partial charge < -0.3 is 15.2 Å². The maximum atomic E-state index is 13.3. The van der Waals surface area contributed by atoms with Crippen LogP contribution in [-0.2, 0) is 19.7 Å².